The highest BCUT2D eigenvalue weighted by molar-refractivity contribution is 14.2. The quantitative estimate of drug-likeness (QED) is 0.423. The molecule has 0 saturated heterocycles. The Balaban J connectivity index is 2.61. The van der Waals surface area contributed by atoms with E-state index in [1.165, 1.54) is 8.93 Å². The molecule has 2 rings (SSSR count). The zero-order valence-electron chi connectivity index (χ0n) is 12.4. The Bertz CT molecular complexity index is 774. The lowest BCUT2D eigenvalue weighted by molar-refractivity contribution is 0.277. The maximum absolute atomic E-state index is 13.5. The zero-order chi connectivity index (χ0) is 16.7. The molecular formula is C16H15INO3PS. The smallest absolute Gasteiger partial charge is 0.279 e. The molecule has 1 atom stereocenters. The van der Waals surface area contributed by atoms with E-state index in [9.17, 15) is 9.67 Å². The second kappa shape index (κ2) is 8.86. The molecule has 0 spiro atoms. The fourth-order valence-corrected chi connectivity index (χ4v) is 4.56. The van der Waals surface area contributed by atoms with Crippen molar-refractivity contribution in [1.82, 2.24) is 4.98 Å². The number of aliphatic hydroxyl groups is 1. The molecule has 1 N–H and O–H groups in total. The Hall–Kier alpha value is -0.840. The average Bonchev–Trinajstić information content (AvgIpc) is 2.60. The van der Waals surface area contributed by atoms with Crippen LogP contribution in [0.3, 0.4) is 0 Å². The molecule has 0 radical (unpaired) electrons. The molecule has 0 amide bonds. The van der Waals surface area contributed by atoms with Gasteiger partial charge in [0.2, 0.25) is 0 Å². The molecule has 0 fully saturated rings. The first-order valence-corrected chi connectivity index (χ1v) is 11.8. The third-order valence-electron chi connectivity index (χ3n) is 2.97. The zero-order valence-corrected chi connectivity index (χ0v) is 16.3. The summed E-state index contributed by atoms with van der Waals surface area (Å²) in [5.41, 5.74) is 1.38. The average molecular weight is 459 g/mol. The molecule has 4 nitrogen and oxygen atoms in total. The predicted octanol–water partition coefficient (Wildman–Crippen LogP) is 3.23. The molecule has 23 heavy (non-hydrogen) atoms. The summed E-state index contributed by atoms with van der Waals surface area (Å²) < 4.78 is 19.1. The number of rotatable bonds is 5. The normalized spacial score (nSPS) is 13.0. The van der Waals surface area contributed by atoms with Crippen LogP contribution in [-0.4, -0.2) is 16.7 Å². The highest BCUT2D eigenvalue weighted by Crippen LogP contribution is 2.43. The number of hydrogen-bond acceptors (Lipinski definition) is 5. The number of pyridine rings is 1. The molecule has 1 aromatic heterocycles. The van der Waals surface area contributed by atoms with Crippen LogP contribution in [0.2, 0.25) is 0 Å². The first kappa shape index (κ1) is 18.5. The van der Waals surface area contributed by atoms with Crippen molar-refractivity contribution in [3.05, 3.63) is 53.7 Å². The van der Waals surface area contributed by atoms with Gasteiger partial charge >= 0.3 is 0 Å². The number of aromatic nitrogens is 1. The largest absolute Gasteiger partial charge is 0.390 e. The van der Waals surface area contributed by atoms with Crippen LogP contribution in [0.25, 0.3) is 0 Å². The monoisotopic (exact) mass is 459 g/mol. The van der Waals surface area contributed by atoms with E-state index >= 15 is 0 Å². The molecule has 1 heterocycles. The van der Waals surface area contributed by atoms with Crippen LogP contribution in [0.15, 0.2) is 42.5 Å². The lowest BCUT2D eigenvalue weighted by Crippen LogP contribution is -2.22. The molecule has 7 heteroatoms. The van der Waals surface area contributed by atoms with Crippen LogP contribution in [0.5, 0.6) is 0 Å². The summed E-state index contributed by atoms with van der Waals surface area (Å²) in [5.74, 6) is 2.95. The SMILES string of the molecule is CCOP(=O)(c1ccccc1)c1cc(C#CSI)cc(CO)n1. The lowest BCUT2D eigenvalue weighted by atomic mass is 10.2. The van der Waals surface area contributed by atoms with E-state index in [4.69, 9.17) is 4.52 Å². The Morgan fingerprint density at radius 3 is 2.70 bits per heavy atom. The summed E-state index contributed by atoms with van der Waals surface area (Å²) in [6.45, 7) is 1.83. The van der Waals surface area contributed by atoms with E-state index in [1.54, 1.807) is 31.2 Å². The Labute approximate surface area is 152 Å². The maximum Gasteiger partial charge on any atom is 0.279 e. The fourth-order valence-electron chi connectivity index (χ4n) is 2.03. The van der Waals surface area contributed by atoms with Gasteiger partial charge < -0.3 is 9.63 Å². The second-order valence-electron chi connectivity index (χ2n) is 4.47. The van der Waals surface area contributed by atoms with Crippen LogP contribution >= 0.6 is 37.5 Å². The van der Waals surface area contributed by atoms with Crippen LogP contribution in [-0.2, 0) is 15.7 Å². The topological polar surface area (TPSA) is 59.4 Å². The van der Waals surface area contributed by atoms with Crippen molar-refractivity contribution in [2.24, 2.45) is 0 Å². The molecule has 0 saturated carbocycles. The minimum absolute atomic E-state index is 0.249. The minimum atomic E-state index is -3.32. The van der Waals surface area contributed by atoms with Crippen molar-refractivity contribution in [3.63, 3.8) is 0 Å². The highest BCUT2D eigenvalue weighted by Gasteiger charge is 2.30. The first-order chi connectivity index (χ1) is 11.1. The fraction of sp³-hybridized carbons (Fsp3) is 0.188. The van der Waals surface area contributed by atoms with Crippen LogP contribution in [0.1, 0.15) is 18.2 Å². The molecule has 2 aromatic rings. The summed E-state index contributed by atoms with van der Waals surface area (Å²) in [4.78, 5) is 4.31. The van der Waals surface area contributed by atoms with Crippen molar-refractivity contribution in [2.75, 3.05) is 6.61 Å². The van der Waals surface area contributed by atoms with Gasteiger partial charge in [-0.25, -0.2) is 4.98 Å². The molecule has 0 aliphatic rings. The van der Waals surface area contributed by atoms with Gasteiger partial charge in [0.1, 0.15) is 5.44 Å². The van der Waals surface area contributed by atoms with Gasteiger partial charge in [0.15, 0.2) is 0 Å². The molecule has 1 aromatic carbocycles. The minimum Gasteiger partial charge on any atom is -0.390 e. The Kier molecular flexibility index (Phi) is 7.12. The van der Waals surface area contributed by atoms with Gasteiger partial charge in [-0.05, 0) is 45.4 Å². The van der Waals surface area contributed by atoms with E-state index in [0.29, 0.717) is 28.6 Å². The summed E-state index contributed by atoms with van der Waals surface area (Å²) in [6, 6.07) is 12.3. The van der Waals surface area contributed by atoms with E-state index < -0.39 is 7.37 Å². The van der Waals surface area contributed by atoms with Crippen LogP contribution < -0.4 is 10.7 Å². The van der Waals surface area contributed by atoms with Gasteiger partial charge in [-0.1, -0.05) is 24.1 Å². The highest BCUT2D eigenvalue weighted by atomic mass is 127. The van der Waals surface area contributed by atoms with Gasteiger partial charge in [-0.3, -0.25) is 4.57 Å². The van der Waals surface area contributed by atoms with Crippen molar-refractivity contribution < 1.29 is 14.2 Å². The first-order valence-electron chi connectivity index (χ1n) is 6.85. The molecule has 0 bridgehead atoms. The van der Waals surface area contributed by atoms with E-state index in [2.05, 4.69) is 37.4 Å². The van der Waals surface area contributed by atoms with Gasteiger partial charge in [-0.2, -0.15) is 0 Å². The number of halogens is 1. The molecule has 0 aliphatic heterocycles. The van der Waals surface area contributed by atoms with Gasteiger partial charge in [0, 0.05) is 32.1 Å². The van der Waals surface area contributed by atoms with E-state index in [1.807, 2.05) is 18.2 Å². The van der Waals surface area contributed by atoms with Crippen molar-refractivity contribution >= 4 is 48.2 Å². The summed E-state index contributed by atoms with van der Waals surface area (Å²) in [7, 11) is -1.97. The third kappa shape index (κ3) is 4.59. The maximum atomic E-state index is 13.5. The lowest BCUT2D eigenvalue weighted by Gasteiger charge is -2.18. The Morgan fingerprint density at radius 2 is 2.09 bits per heavy atom. The van der Waals surface area contributed by atoms with E-state index in [0.717, 1.165) is 0 Å². The third-order valence-corrected chi connectivity index (χ3v) is 6.24. The van der Waals surface area contributed by atoms with Crippen LogP contribution in [0.4, 0.5) is 0 Å². The van der Waals surface area contributed by atoms with Crippen molar-refractivity contribution in [1.29, 1.82) is 0 Å². The van der Waals surface area contributed by atoms with Gasteiger partial charge in [0.05, 0.1) is 18.9 Å². The second-order valence-corrected chi connectivity index (χ2v) is 8.49. The summed E-state index contributed by atoms with van der Waals surface area (Å²) in [6.07, 6.45) is 0. The summed E-state index contributed by atoms with van der Waals surface area (Å²) >= 11 is 2.08. The predicted molar refractivity (Wildman–Crippen MR) is 104 cm³/mol. The molecular weight excluding hydrogens is 444 g/mol. The number of nitrogens with zero attached hydrogens (tertiary/aromatic N) is 1. The number of aliphatic hydroxyl groups excluding tert-OH is 1. The van der Waals surface area contributed by atoms with Crippen molar-refractivity contribution in [2.45, 2.75) is 13.5 Å². The van der Waals surface area contributed by atoms with E-state index in [-0.39, 0.29) is 6.61 Å². The molecule has 120 valence electrons. The van der Waals surface area contributed by atoms with Gasteiger partial charge in [-0.15, -0.1) is 0 Å². The Morgan fingerprint density at radius 1 is 1.35 bits per heavy atom. The molecule has 0 aliphatic carbocycles. The number of benzene rings is 1. The number of hydrogen-bond donors (Lipinski definition) is 1. The summed E-state index contributed by atoms with van der Waals surface area (Å²) in [5, 5.41) is 12.9. The van der Waals surface area contributed by atoms with Crippen molar-refractivity contribution in [3.8, 4) is 11.2 Å². The molecule has 1 unspecified atom stereocenters. The van der Waals surface area contributed by atoms with Gasteiger partial charge in [0.25, 0.3) is 7.37 Å². The van der Waals surface area contributed by atoms with Crippen LogP contribution in [0, 0.1) is 11.2 Å². The standard InChI is InChI=1S/C16H15INO3PS/c1-2-21-22(20,15-6-4-3-5-7-15)16-11-13(8-9-23-17)10-14(12-19)18-16/h3-7,10-11,19H,2,12H2,1H3.